The fourth-order valence-corrected chi connectivity index (χ4v) is 2.49. The molecule has 0 aliphatic carbocycles. The summed E-state index contributed by atoms with van der Waals surface area (Å²) >= 11 is 3.58. The number of aliphatic carboxylic acids is 1. The second-order valence-corrected chi connectivity index (χ2v) is 6.69. The number of carboxylic acids is 1. The molecule has 0 aliphatic rings. The van der Waals surface area contributed by atoms with Crippen LogP contribution >= 0.6 is 15.9 Å². The van der Waals surface area contributed by atoms with Crippen LogP contribution in [-0.4, -0.2) is 28.1 Å². The number of halogens is 1. The van der Waals surface area contributed by atoms with E-state index < -0.39 is 5.97 Å². The average Bonchev–Trinajstić information content (AvgIpc) is 2.24. The first kappa shape index (κ1) is 16.2. The number of hydrogen-bond acceptors (Lipinski definition) is 2. The summed E-state index contributed by atoms with van der Waals surface area (Å²) in [6, 6.07) is 6.27. The maximum absolute atomic E-state index is 10.8. The van der Waals surface area contributed by atoms with Crippen LogP contribution in [-0.2, 0) is 11.3 Å². The van der Waals surface area contributed by atoms with E-state index in [9.17, 15) is 4.79 Å². The number of carboxylic acid groups (broad SMARTS) is 1. The third-order valence-corrected chi connectivity index (χ3v) is 3.85. The third kappa shape index (κ3) is 5.33. The van der Waals surface area contributed by atoms with Gasteiger partial charge < -0.3 is 5.11 Å². The van der Waals surface area contributed by atoms with Crippen LogP contribution in [0.2, 0.25) is 0 Å². The Morgan fingerprint density at radius 3 is 2.47 bits per heavy atom. The molecule has 1 N–H and O–H groups in total. The van der Waals surface area contributed by atoms with Crippen molar-refractivity contribution in [3.05, 3.63) is 33.8 Å². The minimum absolute atomic E-state index is 0.0558. The van der Waals surface area contributed by atoms with Gasteiger partial charge in [-0.1, -0.05) is 28.1 Å². The molecule has 0 amide bonds. The summed E-state index contributed by atoms with van der Waals surface area (Å²) in [5, 5.41) is 8.85. The molecule has 0 aromatic heterocycles. The molecule has 0 radical (unpaired) electrons. The number of aryl methyl sites for hydroxylation is 1. The van der Waals surface area contributed by atoms with Gasteiger partial charge in [-0.3, -0.25) is 9.69 Å². The molecule has 4 heteroatoms. The summed E-state index contributed by atoms with van der Waals surface area (Å²) in [7, 11) is 0. The van der Waals surface area contributed by atoms with Gasteiger partial charge in [0.2, 0.25) is 0 Å². The second kappa shape index (κ2) is 6.53. The molecule has 1 rings (SSSR count). The Hall–Kier alpha value is -0.870. The van der Waals surface area contributed by atoms with E-state index in [1.807, 2.05) is 0 Å². The summed E-state index contributed by atoms with van der Waals surface area (Å²) in [6.45, 7) is 9.68. The molecule has 0 aliphatic heterocycles. The second-order valence-electron chi connectivity index (χ2n) is 5.83. The topological polar surface area (TPSA) is 40.5 Å². The Labute approximate surface area is 123 Å². The number of carbonyl (C=O) groups is 1. The van der Waals surface area contributed by atoms with Gasteiger partial charge in [-0.2, -0.15) is 0 Å². The van der Waals surface area contributed by atoms with Crippen molar-refractivity contribution in [3.8, 4) is 0 Å². The normalized spacial score (nSPS) is 11.9. The Balaban J connectivity index is 2.85. The van der Waals surface area contributed by atoms with Crippen molar-refractivity contribution in [1.29, 1.82) is 0 Å². The molecular formula is C15H22BrNO2. The molecular weight excluding hydrogens is 306 g/mol. The van der Waals surface area contributed by atoms with Crippen molar-refractivity contribution in [3.63, 3.8) is 0 Å². The minimum Gasteiger partial charge on any atom is -0.481 e. The van der Waals surface area contributed by atoms with Crippen LogP contribution in [0.25, 0.3) is 0 Å². The molecule has 0 saturated heterocycles. The number of nitrogens with zero attached hydrogens (tertiary/aromatic N) is 1. The maximum Gasteiger partial charge on any atom is 0.304 e. The summed E-state index contributed by atoms with van der Waals surface area (Å²) < 4.78 is 1.08. The summed E-state index contributed by atoms with van der Waals surface area (Å²) in [5.41, 5.74) is 2.34. The zero-order valence-electron chi connectivity index (χ0n) is 12.0. The molecule has 1 aromatic carbocycles. The quantitative estimate of drug-likeness (QED) is 0.893. The SMILES string of the molecule is Cc1ccc(CN(CCC(=O)O)C(C)(C)C)c(Br)c1. The lowest BCUT2D eigenvalue weighted by Crippen LogP contribution is -2.42. The van der Waals surface area contributed by atoms with Crippen molar-refractivity contribution < 1.29 is 9.90 Å². The van der Waals surface area contributed by atoms with E-state index in [2.05, 4.69) is 66.7 Å². The third-order valence-electron chi connectivity index (χ3n) is 3.11. The van der Waals surface area contributed by atoms with Crippen molar-refractivity contribution in [2.75, 3.05) is 6.54 Å². The van der Waals surface area contributed by atoms with Crippen molar-refractivity contribution >= 4 is 21.9 Å². The van der Waals surface area contributed by atoms with Crippen LogP contribution in [0.5, 0.6) is 0 Å². The first-order valence-corrected chi connectivity index (χ1v) is 7.21. The molecule has 0 bridgehead atoms. The van der Waals surface area contributed by atoms with Crippen molar-refractivity contribution in [1.82, 2.24) is 4.90 Å². The molecule has 0 fully saturated rings. The summed E-state index contributed by atoms with van der Waals surface area (Å²) in [4.78, 5) is 12.9. The van der Waals surface area contributed by atoms with Crippen LogP contribution in [0.15, 0.2) is 22.7 Å². The molecule has 3 nitrogen and oxygen atoms in total. The largest absolute Gasteiger partial charge is 0.481 e. The van der Waals surface area contributed by atoms with Crippen LogP contribution in [0, 0.1) is 6.92 Å². The van der Waals surface area contributed by atoms with Crippen LogP contribution in [0.4, 0.5) is 0 Å². The predicted octanol–water partition coefficient (Wildman–Crippen LogP) is 3.83. The minimum atomic E-state index is -0.753. The molecule has 0 heterocycles. The fraction of sp³-hybridized carbons (Fsp3) is 0.533. The summed E-state index contributed by atoms with van der Waals surface area (Å²) in [5.74, 6) is -0.753. The van der Waals surface area contributed by atoms with Gasteiger partial charge in [0.1, 0.15) is 0 Å². The smallest absolute Gasteiger partial charge is 0.304 e. The van der Waals surface area contributed by atoms with E-state index in [4.69, 9.17) is 5.11 Å². The van der Waals surface area contributed by atoms with E-state index in [1.165, 1.54) is 11.1 Å². The van der Waals surface area contributed by atoms with E-state index >= 15 is 0 Å². The van der Waals surface area contributed by atoms with Gasteiger partial charge in [0.15, 0.2) is 0 Å². The lowest BCUT2D eigenvalue weighted by molar-refractivity contribution is -0.137. The number of hydrogen-bond donors (Lipinski definition) is 1. The molecule has 19 heavy (non-hydrogen) atoms. The number of benzene rings is 1. The van der Waals surface area contributed by atoms with Gasteiger partial charge >= 0.3 is 5.97 Å². The molecule has 106 valence electrons. The first-order chi connectivity index (χ1) is 8.70. The van der Waals surface area contributed by atoms with Gasteiger partial charge in [0.05, 0.1) is 6.42 Å². The number of rotatable bonds is 5. The van der Waals surface area contributed by atoms with Gasteiger partial charge in [-0.25, -0.2) is 0 Å². The van der Waals surface area contributed by atoms with E-state index in [0.717, 1.165) is 11.0 Å². The highest BCUT2D eigenvalue weighted by atomic mass is 79.9. The molecule has 0 saturated carbocycles. The predicted molar refractivity (Wildman–Crippen MR) is 81.3 cm³/mol. The van der Waals surface area contributed by atoms with Gasteiger partial charge in [0, 0.05) is 23.1 Å². The molecule has 0 spiro atoms. The molecule has 0 unspecified atom stereocenters. The van der Waals surface area contributed by atoms with Crippen LogP contribution in [0.3, 0.4) is 0 Å². The van der Waals surface area contributed by atoms with Crippen LogP contribution in [0.1, 0.15) is 38.3 Å². The fourth-order valence-electron chi connectivity index (χ4n) is 1.87. The monoisotopic (exact) mass is 327 g/mol. The Morgan fingerprint density at radius 2 is 2.00 bits per heavy atom. The van der Waals surface area contributed by atoms with Crippen molar-refractivity contribution in [2.24, 2.45) is 0 Å². The highest BCUT2D eigenvalue weighted by Gasteiger charge is 2.22. The summed E-state index contributed by atoms with van der Waals surface area (Å²) in [6.07, 6.45) is 0.167. The molecule has 1 aromatic rings. The highest BCUT2D eigenvalue weighted by molar-refractivity contribution is 9.10. The highest BCUT2D eigenvalue weighted by Crippen LogP contribution is 2.24. The van der Waals surface area contributed by atoms with Crippen molar-refractivity contribution in [2.45, 2.75) is 46.2 Å². The lowest BCUT2D eigenvalue weighted by Gasteiger charge is -2.35. The lowest BCUT2D eigenvalue weighted by atomic mass is 10.0. The Kier molecular flexibility index (Phi) is 5.56. The molecule has 0 atom stereocenters. The Morgan fingerprint density at radius 1 is 1.37 bits per heavy atom. The van der Waals surface area contributed by atoms with Gasteiger partial charge in [0.25, 0.3) is 0 Å². The zero-order chi connectivity index (χ0) is 14.6. The maximum atomic E-state index is 10.8. The average molecular weight is 328 g/mol. The van der Waals surface area contributed by atoms with E-state index in [-0.39, 0.29) is 12.0 Å². The first-order valence-electron chi connectivity index (χ1n) is 6.42. The van der Waals surface area contributed by atoms with Gasteiger partial charge in [-0.15, -0.1) is 0 Å². The zero-order valence-corrected chi connectivity index (χ0v) is 13.6. The van der Waals surface area contributed by atoms with Crippen LogP contribution < -0.4 is 0 Å². The van der Waals surface area contributed by atoms with E-state index in [0.29, 0.717) is 6.54 Å². The van der Waals surface area contributed by atoms with Gasteiger partial charge in [-0.05, 0) is 44.9 Å². The standard InChI is InChI=1S/C15H22BrNO2/c1-11-5-6-12(13(16)9-11)10-17(15(2,3)4)8-7-14(18)19/h5-6,9H,7-8,10H2,1-4H3,(H,18,19). The van der Waals surface area contributed by atoms with E-state index in [1.54, 1.807) is 0 Å². The Bertz CT molecular complexity index is 452.